The zero-order chi connectivity index (χ0) is 12.8. The van der Waals surface area contributed by atoms with Crippen molar-refractivity contribution in [1.29, 1.82) is 0 Å². The molecule has 5 heteroatoms. The Morgan fingerprint density at radius 3 is 2.35 bits per heavy atom. The van der Waals surface area contributed by atoms with E-state index in [2.05, 4.69) is 29.8 Å². The molecule has 1 unspecified atom stereocenters. The van der Waals surface area contributed by atoms with Crippen molar-refractivity contribution in [2.45, 2.75) is 13.8 Å². The van der Waals surface area contributed by atoms with Crippen LogP contribution in [-0.2, 0) is 0 Å². The predicted octanol–water partition coefficient (Wildman–Crippen LogP) is 3.64. The highest BCUT2D eigenvalue weighted by molar-refractivity contribution is 9.09. The van der Waals surface area contributed by atoms with Crippen LogP contribution < -0.4 is 4.74 Å². The number of hydrogen-bond donors (Lipinski definition) is 0. The molecule has 0 saturated carbocycles. The minimum Gasteiger partial charge on any atom is -0.493 e. The van der Waals surface area contributed by atoms with Gasteiger partial charge < -0.3 is 4.74 Å². The van der Waals surface area contributed by atoms with E-state index in [1.54, 1.807) is 12.1 Å². The van der Waals surface area contributed by atoms with Gasteiger partial charge in [0.2, 0.25) is 0 Å². The second-order valence-electron chi connectivity index (χ2n) is 4.22. The summed E-state index contributed by atoms with van der Waals surface area (Å²) in [7, 11) is 0. The van der Waals surface area contributed by atoms with Gasteiger partial charge in [-0.2, -0.15) is 0 Å². The number of halogens is 1. The van der Waals surface area contributed by atoms with Crippen molar-refractivity contribution in [3.63, 3.8) is 0 Å². The van der Waals surface area contributed by atoms with Gasteiger partial charge >= 0.3 is 0 Å². The van der Waals surface area contributed by atoms with Crippen LogP contribution in [0, 0.1) is 22.0 Å². The fourth-order valence-corrected chi connectivity index (χ4v) is 2.22. The van der Waals surface area contributed by atoms with Gasteiger partial charge in [0, 0.05) is 23.4 Å². The van der Waals surface area contributed by atoms with Crippen LogP contribution in [0.1, 0.15) is 13.8 Å². The normalized spacial score (nSPS) is 12.5. The van der Waals surface area contributed by atoms with Crippen LogP contribution in [0.4, 0.5) is 5.69 Å². The molecule has 0 fully saturated rings. The highest BCUT2D eigenvalue weighted by Crippen LogP contribution is 2.20. The number of alkyl halides is 1. The van der Waals surface area contributed by atoms with Gasteiger partial charge in [0.25, 0.3) is 5.69 Å². The molecule has 0 aliphatic rings. The lowest BCUT2D eigenvalue weighted by molar-refractivity contribution is -0.384. The van der Waals surface area contributed by atoms with Gasteiger partial charge in [-0.1, -0.05) is 29.8 Å². The minimum atomic E-state index is -0.417. The number of nitro groups is 1. The lowest BCUT2D eigenvalue weighted by atomic mass is 9.99. The Morgan fingerprint density at radius 2 is 1.94 bits per heavy atom. The van der Waals surface area contributed by atoms with Crippen LogP contribution >= 0.6 is 15.9 Å². The maximum absolute atomic E-state index is 10.5. The predicted molar refractivity (Wildman–Crippen MR) is 70.7 cm³/mol. The first kappa shape index (κ1) is 14.0. The first-order valence-corrected chi connectivity index (χ1v) is 6.60. The van der Waals surface area contributed by atoms with Crippen LogP contribution in [0.5, 0.6) is 5.75 Å². The maximum atomic E-state index is 10.5. The average Bonchev–Trinajstić information content (AvgIpc) is 2.30. The first-order chi connectivity index (χ1) is 8.04. The number of hydrogen-bond acceptors (Lipinski definition) is 3. The fourth-order valence-electron chi connectivity index (χ4n) is 1.28. The summed E-state index contributed by atoms with van der Waals surface area (Å²) in [4.78, 5) is 10.1. The van der Waals surface area contributed by atoms with E-state index in [-0.39, 0.29) is 5.69 Å². The van der Waals surface area contributed by atoms with E-state index in [9.17, 15) is 10.1 Å². The molecule has 17 heavy (non-hydrogen) atoms. The number of non-ortho nitro benzene ring substituents is 1. The molecule has 4 nitrogen and oxygen atoms in total. The summed E-state index contributed by atoms with van der Waals surface area (Å²) in [6, 6.07) is 6.16. The Morgan fingerprint density at radius 1 is 1.35 bits per heavy atom. The van der Waals surface area contributed by atoms with E-state index in [1.165, 1.54) is 12.1 Å². The number of nitrogens with zero attached hydrogens (tertiary/aromatic N) is 1. The zero-order valence-electron chi connectivity index (χ0n) is 9.93. The topological polar surface area (TPSA) is 52.4 Å². The molecule has 0 heterocycles. The molecule has 1 aromatic rings. The van der Waals surface area contributed by atoms with E-state index in [0.29, 0.717) is 24.2 Å². The van der Waals surface area contributed by atoms with Gasteiger partial charge in [0.1, 0.15) is 5.75 Å². The molecule has 1 atom stereocenters. The Balaban J connectivity index is 2.55. The molecule has 1 aromatic carbocycles. The van der Waals surface area contributed by atoms with Crippen LogP contribution in [0.2, 0.25) is 0 Å². The third kappa shape index (κ3) is 4.34. The van der Waals surface area contributed by atoms with Gasteiger partial charge in [0.15, 0.2) is 0 Å². The fraction of sp³-hybridized carbons (Fsp3) is 0.500. The smallest absolute Gasteiger partial charge is 0.269 e. The van der Waals surface area contributed by atoms with Crippen LogP contribution in [0.15, 0.2) is 24.3 Å². The van der Waals surface area contributed by atoms with E-state index < -0.39 is 4.92 Å². The molecular formula is C12H16BrNO3. The third-order valence-electron chi connectivity index (χ3n) is 2.65. The molecule has 0 N–H and O–H groups in total. The molecular weight excluding hydrogens is 286 g/mol. The second-order valence-corrected chi connectivity index (χ2v) is 4.87. The largest absolute Gasteiger partial charge is 0.493 e. The third-order valence-corrected chi connectivity index (χ3v) is 3.48. The van der Waals surface area contributed by atoms with E-state index in [4.69, 9.17) is 4.74 Å². The zero-order valence-corrected chi connectivity index (χ0v) is 11.5. The van der Waals surface area contributed by atoms with Crippen LogP contribution in [-0.4, -0.2) is 16.9 Å². The molecule has 0 bridgehead atoms. The molecule has 0 aliphatic heterocycles. The Hall–Kier alpha value is -1.10. The van der Waals surface area contributed by atoms with Crippen molar-refractivity contribution in [3.8, 4) is 5.75 Å². The first-order valence-electron chi connectivity index (χ1n) is 5.47. The lowest BCUT2D eigenvalue weighted by Gasteiger charge is -2.18. The standard InChI is InChI=1S/C12H16BrNO3/c1-9(2)10(7-13)8-17-12-5-3-11(4-6-12)14(15)16/h3-6,9-10H,7-8H2,1-2H3. The highest BCUT2D eigenvalue weighted by atomic mass is 79.9. The Labute approximate surface area is 109 Å². The van der Waals surface area contributed by atoms with Crippen molar-refractivity contribution in [2.75, 3.05) is 11.9 Å². The molecule has 0 amide bonds. The SMILES string of the molecule is CC(C)C(CBr)COc1ccc([N+](=O)[O-])cc1. The van der Waals surface area contributed by atoms with E-state index in [0.717, 1.165) is 5.33 Å². The van der Waals surface area contributed by atoms with Crippen molar-refractivity contribution in [1.82, 2.24) is 0 Å². The van der Waals surface area contributed by atoms with Crippen molar-refractivity contribution < 1.29 is 9.66 Å². The molecule has 1 rings (SSSR count). The molecule has 94 valence electrons. The average molecular weight is 302 g/mol. The molecule has 0 radical (unpaired) electrons. The number of nitro benzene ring substituents is 1. The Kier molecular flexibility index (Phi) is 5.41. The summed E-state index contributed by atoms with van der Waals surface area (Å²) < 4.78 is 5.60. The van der Waals surface area contributed by atoms with Crippen LogP contribution in [0.25, 0.3) is 0 Å². The lowest BCUT2D eigenvalue weighted by Crippen LogP contribution is -2.19. The summed E-state index contributed by atoms with van der Waals surface area (Å²) in [5.74, 6) is 1.64. The maximum Gasteiger partial charge on any atom is 0.269 e. The summed E-state index contributed by atoms with van der Waals surface area (Å²) in [6.07, 6.45) is 0. The summed E-state index contributed by atoms with van der Waals surface area (Å²) in [5.41, 5.74) is 0.0817. The number of ether oxygens (including phenoxy) is 1. The summed E-state index contributed by atoms with van der Waals surface area (Å²) in [6.45, 7) is 4.90. The summed E-state index contributed by atoms with van der Waals surface area (Å²) >= 11 is 3.45. The molecule has 0 aliphatic carbocycles. The van der Waals surface area contributed by atoms with Gasteiger partial charge in [-0.3, -0.25) is 10.1 Å². The minimum absolute atomic E-state index is 0.0817. The molecule has 0 aromatic heterocycles. The van der Waals surface area contributed by atoms with E-state index in [1.807, 2.05) is 0 Å². The van der Waals surface area contributed by atoms with Gasteiger partial charge in [0.05, 0.1) is 11.5 Å². The van der Waals surface area contributed by atoms with Gasteiger partial charge in [-0.25, -0.2) is 0 Å². The second kappa shape index (κ2) is 6.59. The quantitative estimate of drug-likeness (QED) is 0.458. The van der Waals surface area contributed by atoms with Gasteiger partial charge in [-0.05, 0) is 18.1 Å². The van der Waals surface area contributed by atoms with Crippen molar-refractivity contribution in [2.24, 2.45) is 11.8 Å². The monoisotopic (exact) mass is 301 g/mol. The van der Waals surface area contributed by atoms with Crippen molar-refractivity contribution in [3.05, 3.63) is 34.4 Å². The van der Waals surface area contributed by atoms with Crippen LogP contribution in [0.3, 0.4) is 0 Å². The highest BCUT2D eigenvalue weighted by Gasteiger charge is 2.13. The summed E-state index contributed by atoms with van der Waals surface area (Å²) in [5, 5.41) is 11.4. The molecule has 0 saturated heterocycles. The van der Waals surface area contributed by atoms with E-state index >= 15 is 0 Å². The number of benzene rings is 1. The number of rotatable bonds is 6. The van der Waals surface area contributed by atoms with Crippen molar-refractivity contribution >= 4 is 21.6 Å². The molecule has 0 spiro atoms. The van der Waals surface area contributed by atoms with Gasteiger partial charge in [-0.15, -0.1) is 0 Å². The Bertz CT molecular complexity index is 365.